The van der Waals surface area contributed by atoms with Crippen molar-refractivity contribution in [1.82, 2.24) is 15.0 Å². The molecule has 0 aliphatic carbocycles. The van der Waals surface area contributed by atoms with Crippen LogP contribution >= 0.6 is 11.3 Å². The van der Waals surface area contributed by atoms with Crippen LogP contribution in [0.25, 0.3) is 10.6 Å². The number of aromatic nitrogens is 3. The minimum absolute atomic E-state index is 0.346. The number of nitrogens with zero attached hydrogens (tertiary/aromatic N) is 3. The van der Waals surface area contributed by atoms with Gasteiger partial charge >= 0.3 is 0 Å². The molecule has 0 radical (unpaired) electrons. The SMILES string of the molecule is CCC(C)c1nc(N)sc1-c1ccnc(Nc2ccccc2)n1. The molecular formula is C17H19N5S. The van der Waals surface area contributed by atoms with Crippen LogP contribution in [0, 0.1) is 0 Å². The molecule has 2 aromatic heterocycles. The summed E-state index contributed by atoms with van der Waals surface area (Å²) in [6.45, 7) is 4.30. The minimum atomic E-state index is 0.346. The molecule has 0 saturated carbocycles. The van der Waals surface area contributed by atoms with E-state index in [2.05, 4.69) is 34.1 Å². The molecule has 0 fully saturated rings. The lowest BCUT2D eigenvalue weighted by Gasteiger charge is -2.09. The third-order valence-corrected chi connectivity index (χ3v) is 4.59. The van der Waals surface area contributed by atoms with Gasteiger partial charge < -0.3 is 11.1 Å². The predicted octanol–water partition coefficient (Wildman–Crippen LogP) is 4.44. The summed E-state index contributed by atoms with van der Waals surface area (Å²) in [6, 6.07) is 11.8. The van der Waals surface area contributed by atoms with Gasteiger partial charge in [-0.2, -0.15) is 0 Å². The van der Waals surface area contributed by atoms with Gasteiger partial charge in [-0.15, -0.1) is 0 Å². The first-order valence-corrected chi connectivity index (χ1v) is 8.40. The second-order valence-electron chi connectivity index (χ2n) is 5.33. The smallest absolute Gasteiger partial charge is 0.227 e. The summed E-state index contributed by atoms with van der Waals surface area (Å²) in [5.41, 5.74) is 8.74. The molecule has 0 aliphatic rings. The Hall–Kier alpha value is -2.47. The van der Waals surface area contributed by atoms with E-state index in [0.717, 1.165) is 28.4 Å². The Morgan fingerprint density at radius 2 is 1.96 bits per heavy atom. The largest absolute Gasteiger partial charge is 0.375 e. The number of para-hydroxylation sites is 1. The van der Waals surface area contributed by atoms with Crippen molar-refractivity contribution in [2.45, 2.75) is 26.2 Å². The lowest BCUT2D eigenvalue weighted by Crippen LogP contribution is -1.99. The Balaban J connectivity index is 1.94. The Kier molecular flexibility index (Phi) is 4.52. The summed E-state index contributed by atoms with van der Waals surface area (Å²) < 4.78 is 0. The standard InChI is InChI=1S/C17H19N5S/c1-3-11(2)14-15(23-16(18)22-14)13-9-10-19-17(21-13)20-12-7-5-4-6-8-12/h4-11H,3H2,1-2H3,(H2,18,22)(H,19,20,21). The number of anilines is 3. The highest BCUT2D eigenvalue weighted by atomic mass is 32.1. The molecule has 5 nitrogen and oxygen atoms in total. The fraction of sp³-hybridized carbons (Fsp3) is 0.235. The Morgan fingerprint density at radius 3 is 2.70 bits per heavy atom. The van der Waals surface area contributed by atoms with E-state index < -0.39 is 0 Å². The zero-order chi connectivity index (χ0) is 16.2. The van der Waals surface area contributed by atoms with E-state index in [1.165, 1.54) is 11.3 Å². The van der Waals surface area contributed by atoms with Gasteiger partial charge in [0.1, 0.15) is 0 Å². The molecule has 0 bridgehead atoms. The van der Waals surface area contributed by atoms with Crippen LogP contribution in [0.2, 0.25) is 0 Å². The first-order chi connectivity index (χ1) is 11.2. The van der Waals surface area contributed by atoms with E-state index in [4.69, 9.17) is 5.73 Å². The van der Waals surface area contributed by atoms with Gasteiger partial charge in [0.15, 0.2) is 5.13 Å². The highest BCUT2D eigenvalue weighted by Gasteiger charge is 2.18. The average molecular weight is 325 g/mol. The van der Waals surface area contributed by atoms with Crippen molar-refractivity contribution in [1.29, 1.82) is 0 Å². The highest BCUT2D eigenvalue weighted by Crippen LogP contribution is 2.36. The molecule has 1 aromatic carbocycles. The molecular weight excluding hydrogens is 306 g/mol. The van der Waals surface area contributed by atoms with E-state index in [1.807, 2.05) is 36.4 Å². The number of nitrogens with one attached hydrogen (secondary N) is 1. The summed E-state index contributed by atoms with van der Waals surface area (Å²) in [7, 11) is 0. The zero-order valence-corrected chi connectivity index (χ0v) is 14.0. The number of nitrogen functional groups attached to an aromatic ring is 1. The normalized spacial score (nSPS) is 12.1. The van der Waals surface area contributed by atoms with E-state index in [0.29, 0.717) is 17.0 Å². The van der Waals surface area contributed by atoms with Crippen molar-refractivity contribution in [2.75, 3.05) is 11.1 Å². The lowest BCUT2D eigenvalue weighted by atomic mass is 10.0. The van der Waals surface area contributed by atoms with Crippen molar-refractivity contribution in [3.05, 3.63) is 48.3 Å². The molecule has 23 heavy (non-hydrogen) atoms. The molecule has 6 heteroatoms. The molecule has 1 atom stereocenters. The van der Waals surface area contributed by atoms with Gasteiger partial charge in [0.25, 0.3) is 0 Å². The van der Waals surface area contributed by atoms with Crippen LogP contribution in [0.15, 0.2) is 42.6 Å². The molecule has 0 saturated heterocycles. The summed E-state index contributed by atoms with van der Waals surface area (Å²) in [6.07, 6.45) is 2.76. The van der Waals surface area contributed by atoms with Crippen LogP contribution in [0.3, 0.4) is 0 Å². The second kappa shape index (κ2) is 6.75. The fourth-order valence-corrected chi connectivity index (χ4v) is 3.18. The molecule has 0 aliphatic heterocycles. The van der Waals surface area contributed by atoms with Crippen LogP contribution in [0.5, 0.6) is 0 Å². The van der Waals surface area contributed by atoms with Gasteiger partial charge in [-0.05, 0) is 30.5 Å². The molecule has 3 aromatic rings. The first kappa shape index (κ1) is 15.4. The third kappa shape index (κ3) is 3.48. The Morgan fingerprint density at radius 1 is 1.17 bits per heavy atom. The first-order valence-electron chi connectivity index (χ1n) is 7.59. The number of nitrogens with two attached hydrogens (primary N) is 1. The third-order valence-electron chi connectivity index (χ3n) is 3.67. The highest BCUT2D eigenvalue weighted by molar-refractivity contribution is 7.18. The maximum atomic E-state index is 5.92. The summed E-state index contributed by atoms with van der Waals surface area (Å²) >= 11 is 1.47. The van der Waals surface area contributed by atoms with Crippen molar-refractivity contribution < 1.29 is 0 Å². The maximum absolute atomic E-state index is 5.92. The number of rotatable bonds is 5. The Bertz CT molecular complexity index is 785. The van der Waals surface area contributed by atoms with E-state index >= 15 is 0 Å². The summed E-state index contributed by atoms with van der Waals surface area (Å²) in [4.78, 5) is 14.4. The van der Waals surface area contributed by atoms with E-state index in [-0.39, 0.29) is 0 Å². The van der Waals surface area contributed by atoms with Crippen LogP contribution in [0.1, 0.15) is 31.9 Å². The zero-order valence-electron chi connectivity index (χ0n) is 13.2. The topological polar surface area (TPSA) is 76.7 Å². The average Bonchev–Trinajstić information content (AvgIpc) is 2.97. The van der Waals surface area contributed by atoms with Gasteiger partial charge in [-0.3, -0.25) is 0 Å². The summed E-state index contributed by atoms with van der Waals surface area (Å²) in [5.74, 6) is 0.912. The lowest BCUT2D eigenvalue weighted by molar-refractivity contribution is 0.715. The number of benzene rings is 1. The predicted molar refractivity (Wildman–Crippen MR) is 96.0 cm³/mol. The molecule has 3 rings (SSSR count). The van der Waals surface area contributed by atoms with Gasteiger partial charge in [-0.25, -0.2) is 15.0 Å². The fourth-order valence-electron chi connectivity index (χ4n) is 2.26. The molecule has 0 amide bonds. The van der Waals surface area contributed by atoms with Crippen LogP contribution < -0.4 is 11.1 Å². The number of hydrogen-bond donors (Lipinski definition) is 2. The number of thiazole rings is 1. The maximum Gasteiger partial charge on any atom is 0.227 e. The van der Waals surface area contributed by atoms with E-state index in [1.54, 1.807) is 6.20 Å². The van der Waals surface area contributed by atoms with Crippen molar-refractivity contribution in [2.24, 2.45) is 0 Å². The van der Waals surface area contributed by atoms with Crippen molar-refractivity contribution in [3.63, 3.8) is 0 Å². The molecule has 2 heterocycles. The van der Waals surface area contributed by atoms with Crippen LogP contribution in [-0.4, -0.2) is 15.0 Å². The van der Waals surface area contributed by atoms with Crippen molar-refractivity contribution in [3.8, 4) is 10.6 Å². The summed E-state index contributed by atoms with van der Waals surface area (Å²) in [5, 5.41) is 3.79. The van der Waals surface area contributed by atoms with Gasteiger partial charge in [0, 0.05) is 11.9 Å². The second-order valence-corrected chi connectivity index (χ2v) is 6.36. The van der Waals surface area contributed by atoms with Gasteiger partial charge in [-0.1, -0.05) is 43.4 Å². The van der Waals surface area contributed by atoms with Crippen LogP contribution in [0.4, 0.5) is 16.8 Å². The molecule has 118 valence electrons. The number of hydrogen-bond acceptors (Lipinski definition) is 6. The monoisotopic (exact) mass is 325 g/mol. The van der Waals surface area contributed by atoms with E-state index in [9.17, 15) is 0 Å². The molecule has 3 N–H and O–H groups in total. The van der Waals surface area contributed by atoms with Gasteiger partial charge in [0.2, 0.25) is 5.95 Å². The van der Waals surface area contributed by atoms with Crippen molar-refractivity contribution >= 4 is 28.1 Å². The van der Waals surface area contributed by atoms with Crippen LogP contribution in [-0.2, 0) is 0 Å². The van der Waals surface area contributed by atoms with Gasteiger partial charge in [0.05, 0.1) is 16.3 Å². The molecule has 1 unspecified atom stereocenters. The molecule has 0 spiro atoms. The quantitative estimate of drug-likeness (QED) is 0.725. The Labute approximate surface area is 139 Å². The minimum Gasteiger partial charge on any atom is -0.375 e.